The summed E-state index contributed by atoms with van der Waals surface area (Å²) in [6.07, 6.45) is 3.61. The van der Waals surface area contributed by atoms with Crippen molar-refractivity contribution in [1.82, 2.24) is 0 Å². The van der Waals surface area contributed by atoms with Crippen molar-refractivity contribution < 1.29 is 14.2 Å². The first-order chi connectivity index (χ1) is 12.7. The van der Waals surface area contributed by atoms with Gasteiger partial charge in [-0.3, -0.25) is 0 Å². The molecule has 3 rings (SSSR count). The quantitative estimate of drug-likeness (QED) is 0.708. The van der Waals surface area contributed by atoms with E-state index in [2.05, 4.69) is 31.3 Å². The van der Waals surface area contributed by atoms with Gasteiger partial charge in [-0.05, 0) is 68.1 Å². The van der Waals surface area contributed by atoms with Crippen molar-refractivity contribution in [3.8, 4) is 11.5 Å². The van der Waals surface area contributed by atoms with Gasteiger partial charge in [-0.2, -0.15) is 0 Å². The Labute approximate surface area is 156 Å². The lowest BCUT2D eigenvalue weighted by atomic mass is 10.2. The van der Waals surface area contributed by atoms with Gasteiger partial charge in [-0.15, -0.1) is 0 Å². The molecule has 0 radical (unpaired) electrons. The minimum atomic E-state index is 0.0814. The normalized spacial score (nSPS) is 17.7. The fraction of sp³-hybridized carbons (Fsp3) is 0.455. The zero-order valence-corrected chi connectivity index (χ0v) is 15.7. The molecule has 0 aliphatic carbocycles. The van der Waals surface area contributed by atoms with Crippen molar-refractivity contribution in [1.29, 1.82) is 0 Å². The van der Waals surface area contributed by atoms with E-state index in [1.807, 2.05) is 36.4 Å². The van der Waals surface area contributed by atoms with Crippen LogP contribution in [-0.2, 0) is 11.2 Å². The van der Waals surface area contributed by atoms with Crippen molar-refractivity contribution in [2.45, 2.75) is 45.3 Å². The van der Waals surface area contributed by atoms with Gasteiger partial charge in [0.2, 0.25) is 0 Å². The highest BCUT2D eigenvalue weighted by Crippen LogP contribution is 2.19. The molecule has 1 fully saturated rings. The van der Waals surface area contributed by atoms with Crippen molar-refractivity contribution in [3.63, 3.8) is 0 Å². The zero-order valence-electron chi connectivity index (χ0n) is 15.7. The van der Waals surface area contributed by atoms with Crippen LogP contribution >= 0.6 is 0 Å². The summed E-state index contributed by atoms with van der Waals surface area (Å²) in [6, 6.07) is 16.4. The molecule has 1 heterocycles. The lowest BCUT2D eigenvalue weighted by Gasteiger charge is -2.17. The van der Waals surface area contributed by atoms with Gasteiger partial charge >= 0.3 is 0 Å². The number of nitrogens with one attached hydrogen (secondary N) is 1. The molecule has 2 aromatic carbocycles. The molecule has 0 aromatic heterocycles. The number of hydrogen-bond donors (Lipinski definition) is 1. The third kappa shape index (κ3) is 5.67. The second-order valence-corrected chi connectivity index (χ2v) is 6.78. The second kappa shape index (κ2) is 9.48. The number of rotatable bonds is 9. The number of benzene rings is 2. The van der Waals surface area contributed by atoms with Crippen LogP contribution in [0.1, 0.15) is 32.3 Å². The predicted octanol–water partition coefficient (Wildman–Crippen LogP) is 4.69. The summed E-state index contributed by atoms with van der Waals surface area (Å²) in [5, 5.41) is 3.41. The molecule has 1 aliphatic rings. The molecule has 2 aromatic rings. The lowest BCUT2D eigenvalue weighted by Crippen LogP contribution is -2.22. The maximum atomic E-state index is 5.95. The SMILES string of the molecule is CCc1ccc(OC(C)CNc2ccc(OCC3CCCO3)cc2)cc1. The van der Waals surface area contributed by atoms with E-state index in [9.17, 15) is 0 Å². The Balaban J connectivity index is 1.40. The molecule has 0 amide bonds. The molecule has 4 heteroatoms. The van der Waals surface area contributed by atoms with Gasteiger partial charge < -0.3 is 19.5 Å². The first-order valence-electron chi connectivity index (χ1n) is 9.57. The molecule has 4 nitrogen and oxygen atoms in total. The van der Waals surface area contributed by atoms with Gasteiger partial charge in [0.15, 0.2) is 0 Å². The van der Waals surface area contributed by atoms with Crippen LogP contribution in [0.2, 0.25) is 0 Å². The van der Waals surface area contributed by atoms with E-state index in [4.69, 9.17) is 14.2 Å². The fourth-order valence-corrected chi connectivity index (χ4v) is 2.97. The Hall–Kier alpha value is -2.20. The van der Waals surface area contributed by atoms with Gasteiger partial charge in [-0.1, -0.05) is 19.1 Å². The molecule has 1 N–H and O–H groups in total. The molecular weight excluding hydrogens is 326 g/mol. The van der Waals surface area contributed by atoms with E-state index in [1.54, 1.807) is 0 Å². The highest BCUT2D eigenvalue weighted by atomic mass is 16.5. The summed E-state index contributed by atoms with van der Waals surface area (Å²) < 4.78 is 17.3. The fourth-order valence-electron chi connectivity index (χ4n) is 2.97. The van der Waals surface area contributed by atoms with Crippen LogP contribution in [0.3, 0.4) is 0 Å². The van der Waals surface area contributed by atoms with Gasteiger partial charge in [0.1, 0.15) is 24.2 Å². The summed E-state index contributed by atoms with van der Waals surface area (Å²) >= 11 is 0. The van der Waals surface area contributed by atoms with Crippen LogP contribution in [0, 0.1) is 0 Å². The third-order valence-electron chi connectivity index (χ3n) is 4.58. The Kier molecular flexibility index (Phi) is 6.78. The minimum absolute atomic E-state index is 0.0814. The van der Waals surface area contributed by atoms with Gasteiger partial charge in [0.25, 0.3) is 0 Å². The molecule has 1 aliphatic heterocycles. The van der Waals surface area contributed by atoms with E-state index in [0.717, 1.165) is 49.6 Å². The Morgan fingerprint density at radius 2 is 1.81 bits per heavy atom. The van der Waals surface area contributed by atoms with Crippen molar-refractivity contribution >= 4 is 5.69 Å². The Morgan fingerprint density at radius 1 is 1.08 bits per heavy atom. The van der Waals surface area contributed by atoms with Crippen LogP contribution < -0.4 is 14.8 Å². The Bertz CT molecular complexity index is 648. The molecule has 0 bridgehead atoms. The van der Waals surface area contributed by atoms with Crippen LogP contribution in [0.15, 0.2) is 48.5 Å². The molecule has 1 saturated heterocycles. The topological polar surface area (TPSA) is 39.7 Å². The van der Waals surface area contributed by atoms with Crippen LogP contribution in [0.25, 0.3) is 0 Å². The Morgan fingerprint density at radius 3 is 2.46 bits per heavy atom. The van der Waals surface area contributed by atoms with Crippen LogP contribution in [-0.4, -0.2) is 32.0 Å². The summed E-state index contributed by atoms with van der Waals surface area (Å²) in [5.41, 5.74) is 2.39. The molecule has 2 atom stereocenters. The first-order valence-corrected chi connectivity index (χ1v) is 9.57. The summed E-state index contributed by atoms with van der Waals surface area (Å²) in [4.78, 5) is 0. The number of hydrogen-bond acceptors (Lipinski definition) is 4. The smallest absolute Gasteiger partial charge is 0.119 e. The van der Waals surface area contributed by atoms with E-state index in [-0.39, 0.29) is 12.2 Å². The molecular formula is C22H29NO3. The second-order valence-electron chi connectivity index (χ2n) is 6.78. The lowest BCUT2D eigenvalue weighted by molar-refractivity contribution is 0.0679. The molecule has 0 spiro atoms. The number of anilines is 1. The predicted molar refractivity (Wildman–Crippen MR) is 105 cm³/mol. The van der Waals surface area contributed by atoms with Crippen molar-refractivity contribution in [2.75, 3.05) is 25.1 Å². The third-order valence-corrected chi connectivity index (χ3v) is 4.58. The van der Waals surface area contributed by atoms with Gasteiger partial charge in [-0.25, -0.2) is 0 Å². The van der Waals surface area contributed by atoms with Gasteiger partial charge in [0.05, 0.1) is 12.6 Å². The van der Waals surface area contributed by atoms with Crippen LogP contribution in [0.4, 0.5) is 5.69 Å². The average Bonchev–Trinajstić information content (AvgIpc) is 3.20. The molecule has 0 saturated carbocycles. The van der Waals surface area contributed by atoms with Crippen LogP contribution in [0.5, 0.6) is 11.5 Å². The van der Waals surface area contributed by atoms with E-state index >= 15 is 0 Å². The molecule has 26 heavy (non-hydrogen) atoms. The molecule has 2 unspecified atom stereocenters. The van der Waals surface area contributed by atoms with E-state index in [0.29, 0.717) is 6.61 Å². The average molecular weight is 355 g/mol. The monoisotopic (exact) mass is 355 g/mol. The minimum Gasteiger partial charge on any atom is -0.491 e. The van der Waals surface area contributed by atoms with E-state index < -0.39 is 0 Å². The van der Waals surface area contributed by atoms with Gasteiger partial charge in [0, 0.05) is 12.3 Å². The summed E-state index contributed by atoms with van der Waals surface area (Å²) in [7, 11) is 0. The van der Waals surface area contributed by atoms with Crippen molar-refractivity contribution in [3.05, 3.63) is 54.1 Å². The molecule has 140 valence electrons. The highest BCUT2D eigenvalue weighted by Gasteiger charge is 2.15. The zero-order chi connectivity index (χ0) is 18.2. The maximum absolute atomic E-state index is 5.95. The summed E-state index contributed by atoms with van der Waals surface area (Å²) in [5.74, 6) is 1.79. The highest BCUT2D eigenvalue weighted by molar-refractivity contribution is 5.46. The maximum Gasteiger partial charge on any atom is 0.119 e. The van der Waals surface area contributed by atoms with E-state index in [1.165, 1.54) is 5.56 Å². The largest absolute Gasteiger partial charge is 0.491 e. The first kappa shape index (κ1) is 18.6. The standard InChI is InChI=1S/C22H29NO3/c1-3-18-6-10-21(11-7-18)26-17(2)15-23-19-8-12-20(13-9-19)25-16-22-5-4-14-24-22/h6-13,17,22-23H,3-5,14-16H2,1-2H3. The summed E-state index contributed by atoms with van der Waals surface area (Å²) in [6.45, 7) is 6.46. The number of aryl methyl sites for hydroxylation is 1. The number of ether oxygens (including phenoxy) is 3. The van der Waals surface area contributed by atoms with Crippen molar-refractivity contribution in [2.24, 2.45) is 0 Å².